The molecule has 18 heavy (non-hydrogen) atoms. The van der Waals surface area contributed by atoms with E-state index < -0.39 is 0 Å². The van der Waals surface area contributed by atoms with Gasteiger partial charge in [-0.25, -0.2) is 0 Å². The van der Waals surface area contributed by atoms with Gasteiger partial charge in [-0.05, 0) is 37.0 Å². The molecule has 0 N–H and O–H groups in total. The van der Waals surface area contributed by atoms with Crippen LogP contribution in [0.2, 0.25) is 5.02 Å². The Kier molecular flexibility index (Phi) is 4.12. The van der Waals surface area contributed by atoms with Gasteiger partial charge in [-0.15, -0.1) is 0 Å². The Bertz CT molecular complexity index is 447. The topological polar surface area (TPSA) is 29.5 Å². The maximum atomic E-state index is 12.3. The molecule has 98 valence electrons. The summed E-state index contributed by atoms with van der Waals surface area (Å²) in [5.74, 6) is 1.24. The molecule has 0 spiro atoms. The van der Waals surface area contributed by atoms with E-state index in [9.17, 15) is 4.79 Å². The van der Waals surface area contributed by atoms with Crippen LogP contribution in [0.1, 0.15) is 30.1 Å². The number of hydrogen-bond donors (Lipinski definition) is 0. The molecule has 0 saturated carbocycles. The summed E-state index contributed by atoms with van der Waals surface area (Å²) in [4.78, 5) is 14.2. The van der Waals surface area contributed by atoms with E-state index in [1.165, 1.54) is 6.42 Å². The van der Waals surface area contributed by atoms with Crippen molar-refractivity contribution in [2.24, 2.45) is 5.92 Å². The van der Waals surface area contributed by atoms with Gasteiger partial charge < -0.3 is 9.64 Å². The Balaban J connectivity index is 2.15. The molecule has 1 aromatic rings. The third kappa shape index (κ3) is 2.78. The highest BCUT2D eigenvalue weighted by molar-refractivity contribution is 6.32. The fraction of sp³-hybridized carbons (Fsp3) is 0.500. The van der Waals surface area contributed by atoms with E-state index in [0.29, 0.717) is 22.3 Å². The first-order valence-electron chi connectivity index (χ1n) is 6.24. The van der Waals surface area contributed by atoms with Gasteiger partial charge in [0.15, 0.2) is 0 Å². The van der Waals surface area contributed by atoms with Crippen molar-refractivity contribution in [2.75, 3.05) is 20.2 Å². The van der Waals surface area contributed by atoms with Crippen LogP contribution in [0.3, 0.4) is 0 Å². The molecule has 1 aliphatic heterocycles. The van der Waals surface area contributed by atoms with Crippen molar-refractivity contribution in [1.29, 1.82) is 0 Å². The maximum Gasteiger partial charge on any atom is 0.253 e. The van der Waals surface area contributed by atoms with Crippen molar-refractivity contribution >= 4 is 17.5 Å². The molecule has 0 radical (unpaired) electrons. The van der Waals surface area contributed by atoms with Gasteiger partial charge in [0, 0.05) is 18.7 Å². The van der Waals surface area contributed by atoms with Gasteiger partial charge in [-0.2, -0.15) is 0 Å². The van der Waals surface area contributed by atoms with E-state index in [-0.39, 0.29) is 5.91 Å². The summed E-state index contributed by atoms with van der Waals surface area (Å²) < 4.78 is 5.09. The average Bonchev–Trinajstić information content (AvgIpc) is 2.37. The number of carbonyl (C=O) groups is 1. The molecule has 1 atom stereocenters. The molecule has 0 aliphatic carbocycles. The fourth-order valence-corrected chi connectivity index (χ4v) is 2.61. The SMILES string of the molecule is COc1ccc(C(=O)N2CCC[C@H](C)C2)cc1Cl. The normalized spacial score (nSPS) is 19.7. The summed E-state index contributed by atoms with van der Waals surface area (Å²) in [5, 5.41) is 0.480. The first kappa shape index (κ1) is 13.2. The van der Waals surface area contributed by atoms with Crippen LogP contribution in [-0.4, -0.2) is 31.0 Å². The van der Waals surface area contributed by atoms with E-state index in [4.69, 9.17) is 16.3 Å². The average molecular weight is 268 g/mol. The molecule has 1 aromatic carbocycles. The van der Waals surface area contributed by atoms with Crippen molar-refractivity contribution in [3.05, 3.63) is 28.8 Å². The molecule has 1 heterocycles. The van der Waals surface area contributed by atoms with Crippen molar-refractivity contribution in [3.63, 3.8) is 0 Å². The Hall–Kier alpha value is -1.22. The highest BCUT2D eigenvalue weighted by Gasteiger charge is 2.22. The van der Waals surface area contributed by atoms with Gasteiger partial charge >= 0.3 is 0 Å². The number of amides is 1. The van der Waals surface area contributed by atoms with E-state index in [0.717, 1.165) is 19.5 Å². The third-order valence-electron chi connectivity index (χ3n) is 3.34. The van der Waals surface area contributed by atoms with E-state index in [1.54, 1.807) is 25.3 Å². The smallest absolute Gasteiger partial charge is 0.253 e. The van der Waals surface area contributed by atoms with E-state index in [2.05, 4.69) is 6.92 Å². The summed E-state index contributed by atoms with van der Waals surface area (Å²) in [6.07, 6.45) is 2.28. The van der Waals surface area contributed by atoms with Crippen LogP contribution < -0.4 is 4.74 Å². The van der Waals surface area contributed by atoms with Gasteiger partial charge in [-0.3, -0.25) is 4.79 Å². The van der Waals surface area contributed by atoms with Crippen LogP contribution in [0.5, 0.6) is 5.75 Å². The van der Waals surface area contributed by atoms with Crippen molar-refractivity contribution in [2.45, 2.75) is 19.8 Å². The van der Waals surface area contributed by atoms with Gasteiger partial charge in [-0.1, -0.05) is 18.5 Å². The first-order chi connectivity index (χ1) is 8.61. The quantitative estimate of drug-likeness (QED) is 0.823. The Morgan fingerprint density at radius 3 is 2.89 bits per heavy atom. The van der Waals surface area contributed by atoms with E-state index >= 15 is 0 Å². The third-order valence-corrected chi connectivity index (χ3v) is 3.64. The number of likely N-dealkylation sites (tertiary alicyclic amines) is 1. The molecule has 3 nitrogen and oxygen atoms in total. The molecule has 0 aromatic heterocycles. The van der Waals surface area contributed by atoms with Gasteiger partial charge in [0.1, 0.15) is 5.75 Å². The molecule has 1 amide bonds. The second-order valence-corrected chi connectivity index (χ2v) is 5.26. The number of piperidine rings is 1. The number of rotatable bonds is 2. The lowest BCUT2D eigenvalue weighted by molar-refractivity contribution is 0.0683. The van der Waals surface area contributed by atoms with Gasteiger partial charge in [0.2, 0.25) is 0 Å². The highest BCUT2D eigenvalue weighted by Crippen LogP contribution is 2.26. The zero-order chi connectivity index (χ0) is 13.1. The lowest BCUT2D eigenvalue weighted by Gasteiger charge is -2.31. The molecule has 1 aliphatic rings. The minimum Gasteiger partial charge on any atom is -0.495 e. The molecular formula is C14H18ClNO2. The lowest BCUT2D eigenvalue weighted by Crippen LogP contribution is -2.39. The van der Waals surface area contributed by atoms with Crippen LogP contribution in [0, 0.1) is 5.92 Å². The molecule has 4 heteroatoms. The number of benzene rings is 1. The Morgan fingerprint density at radius 2 is 2.28 bits per heavy atom. The number of nitrogens with zero attached hydrogens (tertiary/aromatic N) is 1. The van der Waals surface area contributed by atoms with Crippen LogP contribution in [0.4, 0.5) is 0 Å². The Morgan fingerprint density at radius 1 is 1.50 bits per heavy atom. The van der Waals surface area contributed by atoms with Gasteiger partial charge in [0.25, 0.3) is 5.91 Å². The molecule has 0 bridgehead atoms. The second-order valence-electron chi connectivity index (χ2n) is 4.85. The number of carbonyl (C=O) groups excluding carboxylic acids is 1. The van der Waals surface area contributed by atoms with Crippen LogP contribution in [0.25, 0.3) is 0 Å². The van der Waals surface area contributed by atoms with Crippen LogP contribution in [0.15, 0.2) is 18.2 Å². The minimum absolute atomic E-state index is 0.0612. The molecule has 1 fully saturated rings. The fourth-order valence-electron chi connectivity index (χ4n) is 2.36. The van der Waals surface area contributed by atoms with E-state index in [1.807, 2.05) is 4.90 Å². The Labute approximate surface area is 113 Å². The largest absolute Gasteiger partial charge is 0.495 e. The summed E-state index contributed by atoms with van der Waals surface area (Å²) in [5.41, 5.74) is 0.634. The zero-order valence-corrected chi connectivity index (χ0v) is 11.5. The number of ether oxygens (including phenoxy) is 1. The predicted octanol–water partition coefficient (Wildman–Crippen LogP) is 3.22. The predicted molar refractivity (Wildman–Crippen MR) is 72.3 cm³/mol. The zero-order valence-electron chi connectivity index (χ0n) is 10.8. The lowest BCUT2D eigenvalue weighted by atomic mass is 9.99. The van der Waals surface area contributed by atoms with Crippen LogP contribution >= 0.6 is 11.6 Å². The summed E-state index contributed by atoms with van der Waals surface area (Å²) >= 11 is 6.05. The summed E-state index contributed by atoms with van der Waals surface area (Å²) in [6, 6.07) is 5.19. The number of halogens is 1. The van der Waals surface area contributed by atoms with Crippen molar-refractivity contribution < 1.29 is 9.53 Å². The molecule has 0 unspecified atom stereocenters. The highest BCUT2D eigenvalue weighted by atomic mass is 35.5. The first-order valence-corrected chi connectivity index (χ1v) is 6.62. The van der Waals surface area contributed by atoms with Crippen molar-refractivity contribution in [1.82, 2.24) is 4.90 Å². The number of methoxy groups -OCH3 is 1. The maximum absolute atomic E-state index is 12.3. The van der Waals surface area contributed by atoms with Crippen LogP contribution in [-0.2, 0) is 0 Å². The monoisotopic (exact) mass is 267 g/mol. The standard InChI is InChI=1S/C14H18ClNO2/c1-10-4-3-7-16(9-10)14(17)11-5-6-13(18-2)12(15)8-11/h5-6,8,10H,3-4,7,9H2,1-2H3/t10-/m0/s1. The van der Waals surface area contributed by atoms with Gasteiger partial charge in [0.05, 0.1) is 12.1 Å². The summed E-state index contributed by atoms with van der Waals surface area (Å²) in [7, 11) is 1.56. The minimum atomic E-state index is 0.0612. The summed E-state index contributed by atoms with van der Waals surface area (Å²) in [6.45, 7) is 3.86. The molecule has 1 saturated heterocycles. The molecule has 2 rings (SSSR count). The number of hydrogen-bond acceptors (Lipinski definition) is 2. The second kappa shape index (κ2) is 5.61. The van der Waals surface area contributed by atoms with Crippen molar-refractivity contribution in [3.8, 4) is 5.75 Å². The molecular weight excluding hydrogens is 250 g/mol.